The highest BCUT2D eigenvalue weighted by Gasteiger charge is 2.12. The molecule has 0 radical (unpaired) electrons. The Hall–Kier alpha value is -1.98. The first kappa shape index (κ1) is 13.0. The molecule has 0 unspecified atom stereocenters. The minimum Gasteiger partial charge on any atom is -0.395 e. The molecule has 0 amide bonds. The summed E-state index contributed by atoms with van der Waals surface area (Å²) < 4.78 is 0. The van der Waals surface area contributed by atoms with Crippen molar-refractivity contribution >= 4 is 28.1 Å². The quantitative estimate of drug-likeness (QED) is 0.801. The largest absolute Gasteiger partial charge is 0.395 e. The predicted octanol–water partition coefficient (Wildman–Crippen LogP) is 2.79. The first-order valence-electron chi connectivity index (χ1n) is 6.41. The van der Waals surface area contributed by atoms with Crippen molar-refractivity contribution in [3.63, 3.8) is 0 Å². The number of para-hydroxylation sites is 1. The van der Waals surface area contributed by atoms with Crippen LogP contribution in [0.15, 0.2) is 41.1 Å². The number of hydrogen-bond donors (Lipinski definition) is 1. The van der Waals surface area contributed by atoms with Crippen molar-refractivity contribution in [1.29, 1.82) is 0 Å². The zero-order valence-electron chi connectivity index (χ0n) is 11.2. The first-order chi connectivity index (χ1) is 9.79. The lowest BCUT2D eigenvalue weighted by atomic mass is 10.2. The fourth-order valence-corrected chi connectivity index (χ4v) is 2.76. The van der Waals surface area contributed by atoms with Gasteiger partial charge in [0.15, 0.2) is 5.82 Å². The smallest absolute Gasteiger partial charge is 0.162 e. The van der Waals surface area contributed by atoms with Gasteiger partial charge in [0.05, 0.1) is 12.1 Å². The number of rotatable bonds is 4. The Morgan fingerprint density at radius 2 is 2.05 bits per heavy atom. The fraction of sp³-hybridized carbons (Fsp3) is 0.200. The van der Waals surface area contributed by atoms with E-state index in [2.05, 4.69) is 9.97 Å². The lowest BCUT2D eigenvalue weighted by Crippen LogP contribution is -2.22. The van der Waals surface area contributed by atoms with Gasteiger partial charge in [0.1, 0.15) is 5.82 Å². The molecular formula is C15H15N3OS. The summed E-state index contributed by atoms with van der Waals surface area (Å²) in [7, 11) is 1.93. The number of aliphatic hydroxyl groups is 1. The standard InChI is InChI=1S/C15H15N3OS/c1-18(7-8-19)15-12-4-2-3-5-13(12)16-14(17-15)11-6-9-20-10-11/h2-6,9-10,19H,7-8H2,1H3. The van der Waals surface area contributed by atoms with E-state index in [1.165, 1.54) is 0 Å². The van der Waals surface area contributed by atoms with E-state index in [4.69, 9.17) is 5.11 Å². The van der Waals surface area contributed by atoms with Gasteiger partial charge in [-0.2, -0.15) is 11.3 Å². The van der Waals surface area contributed by atoms with Crippen molar-refractivity contribution in [1.82, 2.24) is 9.97 Å². The van der Waals surface area contributed by atoms with Crippen molar-refractivity contribution in [2.75, 3.05) is 25.1 Å². The van der Waals surface area contributed by atoms with Crippen molar-refractivity contribution in [2.45, 2.75) is 0 Å². The van der Waals surface area contributed by atoms with Crippen LogP contribution in [0.4, 0.5) is 5.82 Å². The molecule has 0 fully saturated rings. The summed E-state index contributed by atoms with van der Waals surface area (Å²) in [6.07, 6.45) is 0. The maximum atomic E-state index is 9.14. The number of nitrogens with zero attached hydrogens (tertiary/aromatic N) is 3. The lowest BCUT2D eigenvalue weighted by molar-refractivity contribution is 0.304. The molecule has 3 aromatic rings. The van der Waals surface area contributed by atoms with E-state index < -0.39 is 0 Å². The van der Waals surface area contributed by atoms with Gasteiger partial charge in [0.25, 0.3) is 0 Å². The highest BCUT2D eigenvalue weighted by Crippen LogP contribution is 2.27. The number of thiophene rings is 1. The summed E-state index contributed by atoms with van der Waals surface area (Å²) in [6, 6.07) is 9.97. The molecule has 0 aliphatic rings. The van der Waals surface area contributed by atoms with Crippen molar-refractivity contribution < 1.29 is 5.11 Å². The van der Waals surface area contributed by atoms with Gasteiger partial charge in [-0.05, 0) is 23.6 Å². The number of aromatic nitrogens is 2. The van der Waals surface area contributed by atoms with E-state index in [1.807, 2.05) is 53.0 Å². The van der Waals surface area contributed by atoms with Crippen LogP contribution in [0.3, 0.4) is 0 Å². The number of hydrogen-bond acceptors (Lipinski definition) is 5. The molecule has 102 valence electrons. The molecule has 0 aliphatic heterocycles. The second-order valence-corrected chi connectivity index (χ2v) is 5.33. The number of anilines is 1. The molecule has 0 aliphatic carbocycles. The molecule has 1 aromatic carbocycles. The summed E-state index contributed by atoms with van der Waals surface area (Å²) in [4.78, 5) is 11.3. The van der Waals surface area contributed by atoms with Gasteiger partial charge < -0.3 is 10.0 Å². The fourth-order valence-electron chi connectivity index (χ4n) is 2.13. The molecule has 2 heterocycles. The third kappa shape index (κ3) is 2.37. The van der Waals surface area contributed by atoms with E-state index in [0.717, 1.165) is 28.1 Å². The van der Waals surface area contributed by atoms with Gasteiger partial charge in [-0.15, -0.1) is 0 Å². The molecule has 3 rings (SSSR count). The third-order valence-electron chi connectivity index (χ3n) is 3.16. The number of benzene rings is 1. The summed E-state index contributed by atoms with van der Waals surface area (Å²) in [5.41, 5.74) is 1.95. The highest BCUT2D eigenvalue weighted by molar-refractivity contribution is 7.08. The van der Waals surface area contributed by atoms with E-state index in [0.29, 0.717) is 6.54 Å². The van der Waals surface area contributed by atoms with Crippen LogP contribution in [0.25, 0.3) is 22.3 Å². The van der Waals surface area contributed by atoms with Crippen LogP contribution in [0.2, 0.25) is 0 Å². The number of likely N-dealkylation sites (N-methyl/N-ethyl adjacent to an activating group) is 1. The van der Waals surface area contributed by atoms with Crippen LogP contribution in [-0.2, 0) is 0 Å². The van der Waals surface area contributed by atoms with Crippen LogP contribution in [0.5, 0.6) is 0 Å². The van der Waals surface area contributed by atoms with E-state index in [9.17, 15) is 0 Å². The molecule has 0 spiro atoms. The second-order valence-electron chi connectivity index (χ2n) is 4.55. The van der Waals surface area contributed by atoms with E-state index in [-0.39, 0.29) is 6.61 Å². The average molecular weight is 285 g/mol. The number of fused-ring (bicyclic) bond motifs is 1. The second kappa shape index (κ2) is 5.56. The van der Waals surface area contributed by atoms with Crippen molar-refractivity contribution in [3.8, 4) is 11.4 Å². The van der Waals surface area contributed by atoms with Crippen molar-refractivity contribution in [3.05, 3.63) is 41.1 Å². The van der Waals surface area contributed by atoms with Crippen LogP contribution >= 0.6 is 11.3 Å². The van der Waals surface area contributed by atoms with Gasteiger partial charge in [-0.1, -0.05) is 12.1 Å². The lowest BCUT2D eigenvalue weighted by Gasteiger charge is -2.19. The molecule has 0 saturated heterocycles. The Morgan fingerprint density at radius 3 is 2.80 bits per heavy atom. The number of aliphatic hydroxyl groups excluding tert-OH is 1. The van der Waals surface area contributed by atoms with Gasteiger partial charge in [0.2, 0.25) is 0 Å². The summed E-state index contributed by atoms with van der Waals surface area (Å²) in [6.45, 7) is 0.646. The molecular weight excluding hydrogens is 270 g/mol. The Bertz CT molecular complexity index is 712. The van der Waals surface area contributed by atoms with Gasteiger partial charge in [-0.3, -0.25) is 0 Å². The molecule has 5 heteroatoms. The molecule has 0 bridgehead atoms. The van der Waals surface area contributed by atoms with Crippen LogP contribution < -0.4 is 4.90 Å². The molecule has 2 aromatic heterocycles. The average Bonchev–Trinajstić information content (AvgIpc) is 3.00. The minimum atomic E-state index is 0.0998. The van der Waals surface area contributed by atoms with Gasteiger partial charge in [0, 0.05) is 29.9 Å². The molecule has 0 atom stereocenters. The minimum absolute atomic E-state index is 0.0998. The van der Waals surface area contributed by atoms with Gasteiger partial charge in [-0.25, -0.2) is 9.97 Å². The van der Waals surface area contributed by atoms with Gasteiger partial charge >= 0.3 is 0 Å². The Morgan fingerprint density at radius 1 is 1.20 bits per heavy atom. The molecule has 0 saturated carbocycles. The van der Waals surface area contributed by atoms with E-state index >= 15 is 0 Å². The summed E-state index contributed by atoms with van der Waals surface area (Å²) >= 11 is 1.63. The SMILES string of the molecule is CN(CCO)c1nc(-c2ccsc2)nc2ccccc12. The molecule has 1 N–H and O–H groups in total. The zero-order chi connectivity index (χ0) is 13.9. The molecule has 20 heavy (non-hydrogen) atoms. The third-order valence-corrected chi connectivity index (χ3v) is 3.84. The predicted molar refractivity (Wildman–Crippen MR) is 83.2 cm³/mol. The topological polar surface area (TPSA) is 49.2 Å². The monoisotopic (exact) mass is 285 g/mol. The normalized spacial score (nSPS) is 10.9. The Kier molecular flexibility index (Phi) is 3.62. The van der Waals surface area contributed by atoms with Crippen LogP contribution in [0, 0.1) is 0 Å². The summed E-state index contributed by atoms with van der Waals surface area (Å²) in [5, 5.41) is 14.2. The Labute approximate surface area is 121 Å². The summed E-state index contributed by atoms with van der Waals surface area (Å²) in [5.74, 6) is 1.58. The van der Waals surface area contributed by atoms with Crippen molar-refractivity contribution in [2.24, 2.45) is 0 Å². The van der Waals surface area contributed by atoms with Crippen LogP contribution in [-0.4, -0.2) is 35.3 Å². The highest BCUT2D eigenvalue weighted by atomic mass is 32.1. The maximum absolute atomic E-state index is 9.14. The van der Waals surface area contributed by atoms with Crippen LogP contribution in [0.1, 0.15) is 0 Å². The maximum Gasteiger partial charge on any atom is 0.162 e. The first-order valence-corrected chi connectivity index (χ1v) is 7.35. The Balaban J connectivity index is 2.20. The molecule has 4 nitrogen and oxygen atoms in total. The zero-order valence-corrected chi connectivity index (χ0v) is 12.0. The van der Waals surface area contributed by atoms with E-state index in [1.54, 1.807) is 11.3 Å².